The first-order valence-corrected chi connectivity index (χ1v) is 5.52. The van der Waals surface area contributed by atoms with Crippen LogP contribution in [0.25, 0.3) is 16.6 Å². The van der Waals surface area contributed by atoms with Gasteiger partial charge in [-0.1, -0.05) is 36.4 Å². The summed E-state index contributed by atoms with van der Waals surface area (Å²) in [6.45, 7) is 0. The second-order valence-corrected chi connectivity index (χ2v) is 3.91. The third-order valence-electron chi connectivity index (χ3n) is 2.85. The highest BCUT2D eigenvalue weighted by molar-refractivity contribution is 5.65. The van der Waals surface area contributed by atoms with Crippen molar-refractivity contribution in [1.29, 1.82) is 0 Å². The molecule has 0 radical (unpaired) electrons. The molecule has 3 rings (SSSR count). The van der Waals surface area contributed by atoms with Gasteiger partial charge in [-0.25, -0.2) is 0 Å². The summed E-state index contributed by atoms with van der Waals surface area (Å²) < 4.78 is 1.67. The molecule has 2 heteroatoms. The summed E-state index contributed by atoms with van der Waals surface area (Å²) in [6.07, 6.45) is 1.80. The van der Waals surface area contributed by atoms with Gasteiger partial charge in [-0.3, -0.25) is 9.20 Å². The number of fused-ring (bicyclic) bond motifs is 1. The maximum absolute atomic E-state index is 12.3. The number of pyridine rings is 2. The molecule has 0 atom stereocenters. The summed E-state index contributed by atoms with van der Waals surface area (Å²) in [4.78, 5) is 12.3. The van der Waals surface area contributed by atoms with Gasteiger partial charge >= 0.3 is 0 Å². The molecule has 17 heavy (non-hydrogen) atoms. The van der Waals surface area contributed by atoms with Crippen molar-refractivity contribution in [2.75, 3.05) is 0 Å². The van der Waals surface area contributed by atoms with Crippen LogP contribution in [0.4, 0.5) is 0 Å². The molecular weight excluding hydrogens is 210 g/mol. The monoisotopic (exact) mass is 221 g/mol. The number of rotatable bonds is 1. The van der Waals surface area contributed by atoms with Crippen LogP contribution >= 0.6 is 0 Å². The molecule has 3 aromatic rings. The van der Waals surface area contributed by atoms with Gasteiger partial charge in [0.2, 0.25) is 0 Å². The van der Waals surface area contributed by atoms with Gasteiger partial charge in [0.15, 0.2) is 0 Å². The third kappa shape index (κ3) is 1.64. The van der Waals surface area contributed by atoms with Crippen LogP contribution in [0.2, 0.25) is 0 Å². The molecule has 82 valence electrons. The molecule has 1 aromatic carbocycles. The molecule has 0 N–H and O–H groups in total. The quantitative estimate of drug-likeness (QED) is 0.619. The average Bonchev–Trinajstić information content (AvgIpc) is 2.40. The predicted molar refractivity (Wildman–Crippen MR) is 69.1 cm³/mol. The van der Waals surface area contributed by atoms with E-state index in [4.69, 9.17) is 0 Å². The molecule has 0 bridgehead atoms. The van der Waals surface area contributed by atoms with Crippen LogP contribution in [0.3, 0.4) is 0 Å². The minimum atomic E-state index is 0.0225. The van der Waals surface area contributed by atoms with Gasteiger partial charge in [-0.2, -0.15) is 0 Å². The Balaban J connectivity index is 2.33. The first-order chi connectivity index (χ1) is 8.36. The lowest BCUT2D eigenvalue weighted by atomic mass is 10.1. The molecule has 0 spiro atoms. The first-order valence-electron chi connectivity index (χ1n) is 5.52. The van der Waals surface area contributed by atoms with E-state index in [2.05, 4.69) is 0 Å². The molecule has 0 aliphatic carbocycles. The molecule has 2 heterocycles. The Morgan fingerprint density at radius 3 is 2.35 bits per heavy atom. The van der Waals surface area contributed by atoms with Gasteiger partial charge in [0.05, 0.1) is 0 Å². The molecule has 0 aliphatic heterocycles. The molecular formula is C15H11NO. The summed E-state index contributed by atoms with van der Waals surface area (Å²) >= 11 is 0. The van der Waals surface area contributed by atoms with Gasteiger partial charge in [-0.05, 0) is 29.8 Å². The molecule has 0 amide bonds. The predicted octanol–water partition coefficient (Wildman–Crippen LogP) is 2.97. The van der Waals surface area contributed by atoms with Gasteiger partial charge in [0.1, 0.15) is 0 Å². The zero-order chi connectivity index (χ0) is 11.7. The van der Waals surface area contributed by atoms with Crippen molar-refractivity contribution in [2.45, 2.75) is 0 Å². The Hall–Kier alpha value is -2.35. The number of hydrogen-bond donors (Lipinski definition) is 0. The Morgan fingerprint density at radius 2 is 1.53 bits per heavy atom. The van der Waals surface area contributed by atoms with E-state index in [1.165, 1.54) is 0 Å². The van der Waals surface area contributed by atoms with Crippen molar-refractivity contribution in [3.8, 4) is 11.1 Å². The van der Waals surface area contributed by atoms with Crippen molar-refractivity contribution in [2.24, 2.45) is 0 Å². The van der Waals surface area contributed by atoms with Gasteiger partial charge in [-0.15, -0.1) is 0 Å². The Kier molecular flexibility index (Phi) is 2.26. The summed E-state index contributed by atoms with van der Waals surface area (Å²) in [6, 6.07) is 19.3. The summed E-state index contributed by atoms with van der Waals surface area (Å²) in [5.41, 5.74) is 2.62. The number of aromatic nitrogens is 1. The number of nitrogens with zero attached hydrogens (tertiary/aromatic N) is 1. The second kappa shape index (κ2) is 3.91. The van der Waals surface area contributed by atoms with E-state index in [-0.39, 0.29) is 5.56 Å². The lowest BCUT2D eigenvalue weighted by Crippen LogP contribution is -2.14. The van der Waals surface area contributed by atoms with Crippen molar-refractivity contribution in [3.05, 3.63) is 77.2 Å². The fourth-order valence-corrected chi connectivity index (χ4v) is 1.98. The van der Waals surface area contributed by atoms with E-state index in [0.717, 1.165) is 16.6 Å². The van der Waals surface area contributed by atoms with Crippen molar-refractivity contribution < 1.29 is 0 Å². The molecule has 0 saturated carbocycles. The Morgan fingerprint density at radius 1 is 0.765 bits per heavy atom. The standard InChI is InChI=1S/C15H11NO/c17-15-14(12-6-2-1-3-7-12)10-9-13-8-4-5-11-16(13)15/h1-11H. The molecule has 0 fully saturated rings. The molecule has 0 saturated heterocycles. The van der Waals surface area contributed by atoms with Crippen LogP contribution in [0, 0.1) is 0 Å². The third-order valence-corrected chi connectivity index (χ3v) is 2.85. The average molecular weight is 221 g/mol. The highest BCUT2D eigenvalue weighted by Crippen LogP contribution is 2.15. The minimum Gasteiger partial charge on any atom is -0.284 e. The normalized spacial score (nSPS) is 10.6. The van der Waals surface area contributed by atoms with E-state index in [0.29, 0.717) is 0 Å². The van der Waals surface area contributed by atoms with Crippen molar-refractivity contribution in [3.63, 3.8) is 0 Å². The topological polar surface area (TPSA) is 21.5 Å². The van der Waals surface area contributed by atoms with Crippen LogP contribution < -0.4 is 5.56 Å². The maximum Gasteiger partial charge on any atom is 0.262 e. The van der Waals surface area contributed by atoms with Crippen LogP contribution in [-0.4, -0.2) is 4.40 Å². The molecule has 0 aliphatic rings. The van der Waals surface area contributed by atoms with Gasteiger partial charge < -0.3 is 0 Å². The van der Waals surface area contributed by atoms with E-state index in [1.807, 2.05) is 60.7 Å². The highest BCUT2D eigenvalue weighted by Gasteiger charge is 2.04. The van der Waals surface area contributed by atoms with Crippen molar-refractivity contribution >= 4 is 5.52 Å². The van der Waals surface area contributed by atoms with Crippen LogP contribution in [0.15, 0.2) is 71.7 Å². The zero-order valence-electron chi connectivity index (χ0n) is 9.21. The highest BCUT2D eigenvalue weighted by atomic mass is 16.1. The lowest BCUT2D eigenvalue weighted by molar-refractivity contribution is 1.10. The molecule has 2 aromatic heterocycles. The summed E-state index contributed by atoms with van der Waals surface area (Å²) in [5.74, 6) is 0. The fourth-order valence-electron chi connectivity index (χ4n) is 1.98. The lowest BCUT2D eigenvalue weighted by Gasteiger charge is -2.04. The van der Waals surface area contributed by atoms with E-state index in [9.17, 15) is 4.79 Å². The number of benzene rings is 1. The summed E-state index contributed by atoms with van der Waals surface area (Å²) in [5, 5.41) is 0. The van der Waals surface area contributed by atoms with Crippen molar-refractivity contribution in [1.82, 2.24) is 4.40 Å². The van der Waals surface area contributed by atoms with E-state index < -0.39 is 0 Å². The maximum atomic E-state index is 12.3. The minimum absolute atomic E-state index is 0.0225. The van der Waals surface area contributed by atoms with Gasteiger partial charge in [0, 0.05) is 17.3 Å². The van der Waals surface area contributed by atoms with Crippen LogP contribution in [0.5, 0.6) is 0 Å². The smallest absolute Gasteiger partial charge is 0.262 e. The molecule has 2 nitrogen and oxygen atoms in total. The summed E-state index contributed by atoms with van der Waals surface area (Å²) in [7, 11) is 0. The number of hydrogen-bond acceptors (Lipinski definition) is 1. The van der Waals surface area contributed by atoms with Gasteiger partial charge in [0.25, 0.3) is 5.56 Å². The van der Waals surface area contributed by atoms with E-state index >= 15 is 0 Å². The largest absolute Gasteiger partial charge is 0.284 e. The molecule has 0 unspecified atom stereocenters. The van der Waals surface area contributed by atoms with Crippen LogP contribution in [-0.2, 0) is 0 Å². The second-order valence-electron chi connectivity index (χ2n) is 3.91. The van der Waals surface area contributed by atoms with Crippen LogP contribution in [0.1, 0.15) is 0 Å². The first kappa shape index (κ1) is 9.85. The Bertz CT molecular complexity index is 714. The zero-order valence-corrected chi connectivity index (χ0v) is 9.21. The van der Waals surface area contributed by atoms with E-state index in [1.54, 1.807) is 10.6 Å². The Labute approximate surface area is 98.8 Å². The fraction of sp³-hybridized carbons (Fsp3) is 0. The SMILES string of the molecule is O=c1c(-c2ccccc2)ccc2ccccn12.